The van der Waals surface area contributed by atoms with Crippen LogP contribution < -0.4 is 11.1 Å². The molecule has 0 radical (unpaired) electrons. The van der Waals surface area contributed by atoms with E-state index in [0.29, 0.717) is 13.0 Å². The quantitative estimate of drug-likeness (QED) is 0.578. The average molecular weight is 351 g/mol. The van der Waals surface area contributed by atoms with Gasteiger partial charge in [-0.2, -0.15) is 0 Å². The number of amides is 2. The van der Waals surface area contributed by atoms with Gasteiger partial charge in [-0.05, 0) is 17.2 Å². The number of carbonyl (C=O) groups excluding carboxylic acids is 2. The first-order valence-corrected chi connectivity index (χ1v) is 8.39. The van der Waals surface area contributed by atoms with E-state index in [9.17, 15) is 9.59 Å². The molecule has 3 aromatic rings. The molecule has 0 aliphatic rings. The third-order valence-corrected chi connectivity index (χ3v) is 4.12. The van der Waals surface area contributed by atoms with Crippen LogP contribution in [-0.4, -0.2) is 29.4 Å². The number of ether oxygens (including phenoxy) is 1. The molecule has 1 atom stereocenters. The monoisotopic (exact) mass is 351 g/mol. The number of benzene rings is 2. The molecule has 134 valence electrons. The summed E-state index contributed by atoms with van der Waals surface area (Å²) in [7, 11) is 0. The van der Waals surface area contributed by atoms with Crippen molar-refractivity contribution in [3.63, 3.8) is 0 Å². The maximum Gasteiger partial charge on any atom is 0.246 e. The van der Waals surface area contributed by atoms with Crippen molar-refractivity contribution in [3.8, 4) is 0 Å². The molecule has 1 heterocycles. The highest BCUT2D eigenvalue weighted by Crippen LogP contribution is 2.19. The molecule has 0 saturated heterocycles. The number of H-pyrrole nitrogens is 1. The largest absolute Gasteiger partial charge is 0.368 e. The average Bonchev–Trinajstić information content (AvgIpc) is 3.05. The maximum absolute atomic E-state index is 12.1. The molecule has 0 saturated carbocycles. The number of aromatic amines is 1. The molecule has 1 aromatic heterocycles. The second-order valence-corrected chi connectivity index (χ2v) is 6.06. The molecule has 0 bridgehead atoms. The van der Waals surface area contributed by atoms with Crippen LogP contribution in [0.1, 0.15) is 11.1 Å². The van der Waals surface area contributed by atoms with E-state index in [1.807, 2.05) is 60.8 Å². The summed E-state index contributed by atoms with van der Waals surface area (Å²) in [5.41, 5.74) is 8.34. The van der Waals surface area contributed by atoms with Crippen molar-refractivity contribution in [2.24, 2.45) is 5.73 Å². The second-order valence-electron chi connectivity index (χ2n) is 6.06. The van der Waals surface area contributed by atoms with E-state index in [1.165, 1.54) is 0 Å². The van der Waals surface area contributed by atoms with Gasteiger partial charge in [-0.25, -0.2) is 0 Å². The summed E-state index contributed by atoms with van der Waals surface area (Å²) in [6.45, 7) is 0.199. The second kappa shape index (κ2) is 8.31. The van der Waals surface area contributed by atoms with Gasteiger partial charge >= 0.3 is 0 Å². The number of nitrogens with two attached hydrogens (primary N) is 1. The smallest absolute Gasteiger partial charge is 0.246 e. The Kier molecular flexibility index (Phi) is 5.66. The van der Waals surface area contributed by atoms with Crippen molar-refractivity contribution in [3.05, 3.63) is 71.9 Å². The number of fused-ring (bicyclic) bond motifs is 1. The van der Waals surface area contributed by atoms with Crippen molar-refractivity contribution in [2.45, 2.75) is 19.1 Å². The minimum atomic E-state index is -0.790. The van der Waals surface area contributed by atoms with E-state index in [-0.39, 0.29) is 12.5 Å². The Morgan fingerprint density at radius 3 is 2.58 bits per heavy atom. The van der Waals surface area contributed by atoms with Gasteiger partial charge in [0.25, 0.3) is 0 Å². The van der Waals surface area contributed by atoms with Gasteiger partial charge in [0.2, 0.25) is 11.8 Å². The van der Waals surface area contributed by atoms with E-state index < -0.39 is 11.9 Å². The zero-order valence-corrected chi connectivity index (χ0v) is 14.3. The highest BCUT2D eigenvalue weighted by Gasteiger charge is 2.20. The van der Waals surface area contributed by atoms with Gasteiger partial charge in [0.05, 0.1) is 6.61 Å². The van der Waals surface area contributed by atoms with Crippen LogP contribution in [0.4, 0.5) is 0 Å². The Labute approximate surface area is 151 Å². The van der Waals surface area contributed by atoms with Gasteiger partial charge in [-0.1, -0.05) is 48.5 Å². The molecule has 3 rings (SSSR count). The minimum Gasteiger partial charge on any atom is -0.368 e. The Morgan fingerprint density at radius 1 is 1.08 bits per heavy atom. The Bertz CT molecular complexity index is 889. The summed E-state index contributed by atoms with van der Waals surface area (Å²) < 4.78 is 5.40. The molecule has 0 spiro atoms. The van der Waals surface area contributed by atoms with Crippen LogP contribution in [0.25, 0.3) is 10.9 Å². The summed E-state index contributed by atoms with van der Waals surface area (Å²) in [6, 6.07) is 16.5. The Morgan fingerprint density at radius 2 is 1.81 bits per heavy atom. The summed E-state index contributed by atoms with van der Waals surface area (Å²) in [6.07, 6.45) is 2.16. The van der Waals surface area contributed by atoms with Crippen LogP contribution in [-0.2, 0) is 27.4 Å². The number of hydrogen-bond acceptors (Lipinski definition) is 3. The van der Waals surface area contributed by atoms with Crippen LogP contribution in [0.3, 0.4) is 0 Å². The molecule has 6 heteroatoms. The van der Waals surface area contributed by atoms with E-state index in [2.05, 4.69) is 10.3 Å². The first-order chi connectivity index (χ1) is 12.6. The van der Waals surface area contributed by atoms with Crippen molar-refractivity contribution < 1.29 is 14.3 Å². The fraction of sp³-hybridized carbons (Fsp3) is 0.200. The zero-order chi connectivity index (χ0) is 18.4. The predicted molar refractivity (Wildman–Crippen MR) is 99.2 cm³/mol. The third kappa shape index (κ3) is 4.49. The maximum atomic E-state index is 12.1. The van der Waals surface area contributed by atoms with Crippen molar-refractivity contribution in [1.82, 2.24) is 10.3 Å². The fourth-order valence-corrected chi connectivity index (χ4v) is 2.81. The molecule has 4 N–H and O–H groups in total. The third-order valence-electron chi connectivity index (χ3n) is 4.12. The van der Waals surface area contributed by atoms with Gasteiger partial charge in [0.1, 0.15) is 12.6 Å². The highest BCUT2D eigenvalue weighted by molar-refractivity contribution is 5.89. The predicted octanol–water partition coefficient (Wildman–Crippen LogP) is 1.90. The lowest BCUT2D eigenvalue weighted by Gasteiger charge is -2.15. The molecule has 0 aliphatic carbocycles. The van der Waals surface area contributed by atoms with E-state index in [0.717, 1.165) is 22.0 Å². The summed E-state index contributed by atoms with van der Waals surface area (Å²) in [4.78, 5) is 27.0. The van der Waals surface area contributed by atoms with E-state index in [1.54, 1.807) is 0 Å². The summed E-state index contributed by atoms with van der Waals surface area (Å²) in [5, 5.41) is 3.66. The first-order valence-electron chi connectivity index (χ1n) is 8.39. The summed E-state index contributed by atoms with van der Waals surface area (Å²) >= 11 is 0. The van der Waals surface area contributed by atoms with Crippen molar-refractivity contribution >= 4 is 22.7 Å². The van der Waals surface area contributed by atoms with Crippen LogP contribution in [0.2, 0.25) is 0 Å². The Balaban J connectivity index is 1.56. The molecule has 2 amide bonds. The van der Waals surface area contributed by atoms with Crippen LogP contribution >= 0.6 is 0 Å². The standard InChI is InChI=1S/C20H21N3O3/c21-20(25)18(10-15-11-22-17-9-5-4-8-16(15)17)23-19(24)13-26-12-14-6-2-1-3-7-14/h1-9,11,18,22H,10,12-13H2,(H2,21,25)(H,23,24)/t18-/m0/s1. The zero-order valence-electron chi connectivity index (χ0n) is 14.3. The van der Waals surface area contributed by atoms with E-state index >= 15 is 0 Å². The molecular formula is C20H21N3O3. The van der Waals surface area contributed by atoms with Crippen molar-refractivity contribution in [2.75, 3.05) is 6.61 Å². The SMILES string of the molecule is NC(=O)[C@H](Cc1c[nH]c2ccccc12)NC(=O)COCc1ccccc1. The molecule has 0 unspecified atom stereocenters. The van der Waals surface area contributed by atoms with Gasteiger partial charge in [0, 0.05) is 23.5 Å². The number of carbonyl (C=O) groups is 2. The number of para-hydroxylation sites is 1. The van der Waals surface area contributed by atoms with Crippen LogP contribution in [0.5, 0.6) is 0 Å². The number of hydrogen-bond donors (Lipinski definition) is 3. The minimum absolute atomic E-state index is 0.132. The van der Waals surface area contributed by atoms with Gasteiger partial charge in [-0.15, -0.1) is 0 Å². The molecule has 6 nitrogen and oxygen atoms in total. The first kappa shape index (κ1) is 17.7. The molecule has 0 fully saturated rings. The lowest BCUT2D eigenvalue weighted by molar-refractivity contribution is -0.130. The topological polar surface area (TPSA) is 97.2 Å². The van der Waals surface area contributed by atoms with Crippen molar-refractivity contribution in [1.29, 1.82) is 0 Å². The van der Waals surface area contributed by atoms with Gasteiger partial charge in [0.15, 0.2) is 0 Å². The molecular weight excluding hydrogens is 330 g/mol. The lowest BCUT2D eigenvalue weighted by atomic mass is 10.0. The number of nitrogens with one attached hydrogen (secondary N) is 2. The van der Waals surface area contributed by atoms with Gasteiger partial charge in [-0.3, -0.25) is 9.59 Å². The van der Waals surface area contributed by atoms with Crippen LogP contribution in [0, 0.1) is 0 Å². The lowest BCUT2D eigenvalue weighted by Crippen LogP contribution is -2.47. The van der Waals surface area contributed by atoms with Crippen LogP contribution in [0.15, 0.2) is 60.8 Å². The number of aromatic nitrogens is 1. The van der Waals surface area contributed by atoms with Gasteiger partial charge < -0.3 is 20.8 Å². The number of primary amides is 1. The highest BCUT2D eigenvalue weighted by atomic mass is 16.5. The molecule has 2 aromatic carbocycles. The van der Waals surface area contributed by atoms with E-state index in [4.69, 9.17) is 10.5 Å². The summed E-state index contributed by atoms with van der Waals surface area (Å²) in [5.74, 6) is -0.948. The molecule has 26 heavy (non-hydrogen) atoms. The normalized spacial score (nSPS) is 12.0. The Hall–Kier alpha value is -3.12. The fourth-order valence-electron chi connectivity index (χ4n) is 2.81. The number of rotatable bonds is 8. The molecule has 0 aliphatic heterocycles.